The quantitative estimate of drug-likeness (QED) is 0.316. The van der Waals surface area contributed by atoms with Gasteiger partial charge >= 0.3 is 0 Å². The number of amidine groups is 1. The molecule has 0 aliphatic heterocycles. The number of nitrogens with one attached hydrogen (secondary N) is 1. The fourth-order valence-corrected chi connectivity index (χ4v) is 1.03. The van der Waals surface area contributed by atoms with E-state index >= 15 is 0 Å². The third-order valence-corrected chi connectivity index (χ3v) is 1.61. The van der Waals surface area contributed by atoms with E-state index in [1.54, 1.807) is 25.2 Å². The first-order valence-corrected chi connectivity index (χ1v) is 3.90. The predicted molar refractivity (Wildman–Crippen MR) is 52.9 cm³/mol. The van der Waals surface area contributed by atoms with Gasteiger partial charge in [-0.2, -0.15) is 5.10 Å². The summed E-state index contributed by atoms with van der Waals surface area (Å²) in [5.74, 6) is 0.0970. The molecule has 0 heterocycles. The van der Waals surface area contributed by atoms with Gasteiger partial charge in [0.05, 0.1) is 10.5 Å². The van der Waals surface area contributed by atoms with Crippen LogP contribution in [0, 0.1) is 10.1 Å². The molecular weight excluding hydrogens is 184 g/mol. The number of hydrazone groups is 1. The summed E-state index contributed by atoms with van der Waals surface area (Å²) < 4.78 is 0. The van der Waals surface area contributed by atoms with Crippen molar-refractivity contribution in [2.75, 3.05) is 7.05 Å². The van der Waals surface area contributed by atoms with Gasteiger partial charge < -0.3 is 11.2 Å². The molecule has 3 N–H and O–H groups in total. The fourth-order valence-electron chi connectivity index (χ4n) is 1.03. The normalized spacial score (nSPS) is 11.1. The Morgan fingerprint density at radius 2 is 2.21 bits per heavy atom. The van der Waals surface area contributed by atoms with Crippen molar-refractivity contribution in [1.82, 2.24) is 5.43 Å². The molecule has 0 fully saturated rings. The van der Waals surface area contributed by atoms with Crippen molar-refractivity contribution in [3.05, 3.63) is 39.9 Å². The Hall–Kier alpha value is -2.11. The van der Waals surface area contributed by atoms with Crippen LogP contribution in [0.5, 0.6) is 0 Å². The second-order valence-electron chi connectivity index (χ2n) is 2.49. The van der Waals surface area contributed by atoms with Gasteiger partial charge in [-0.1, -0.05) is 12.1 Å². The van der Waals surface area contributed by atoms with Gasteiger partial charge in [0.1, 0.15) is 0 Å². The summed E-state index contributed by atoms with van der Waals surface area (Å²) in [4.78, 5) is 10.1. The average molecular weight is 194 g/mol. The Kier molecular flexibility index (Phi) is 3.01. The molecule has 0 aliphatic rings. The van der Waals surface area contributed by atoms with Crippen molar-refractivity contribution in [2.24, 2.45) is 10.8 Å². The molecule has 0 amide bonds. The lowest BCUT2D eigenvalue weighted by atomic mass is 10.1. The smallest absolute Gasteiger partial charge is 0.280 e. The zero-order valence-electron chi connectivity index (χ0n) is 7.60. The summed E-state index contributed by atoms with van der Waals surface area (Å²) in [6, 6.07) is 6.18. The Bertz CT molecular complexity index is 375. The molecule has 0 radical (unpaired) electrons. The number of nitrogens with two attached hydrogens (primary N) is 1. The van der Waals surface area contributed by atoms with Crippen LogP contribution in [0.1, 0.15) is 5.56 Å². The molecule has 1 aromatic rings. The van der Waals surface area contributed by atoms with Crippen molar-refractivity contribution in [1.29, 1.82) is 0 Å². The molecule has 0 saturated heterocycles. The Labute approximate surface area is 80.6 Å². The predicted octanol–water partition coefficient (Wildman–Crippen LogP) is 0.435. The van der Waals surface area contributed by atoms with Crippen LogP contribution in [-0.2, 0) is 0 Å². The number of benzene rings is 1. The first-order chi connectivity index (χ1) is 6.66. The highest BCUT2D eigenvalue weighted by Crippen LogP contribution is 2.16. The SMILES string of the molecule is CN/N=C(\N)c1ccccc1[N+](=O)[O-]. The number of para-hydroxylation sites is 1. The molecule has 0 atom stereocenters. The van der Waals surface area contributed by atoms with Gasteiger partial charge in [-0.3, -0.25) is 10.1 Å². The maximum atomic E-state index is 10.6. The molecule has 0 spiro atoms. The molecule has 0 aromatic heterocycles. The molecule has 0 aliphatic carbocycles. The van der Waals surface area contributed by atoms with E-state index in [-0.39, 0.29) is 11.5 Å². The minimum absolute atomic E-state index is 0.0519. The summed E-state index contributed by atoms with van der Waals surface area (Å²) in [5, 5.41) is 14.3. The standard InChI is InChI=1S/C8H10N4O2/c1-10-11-8(9)6-4-2-3-5-7(6)12(13)14/h2-5,10H,1H3,(H2,9,11). The molecule has 0 saturated carbocycles. The lowest BCUT2D eigenvalue weighted by Gasteiger charge is -2.00. The van der Waals surface area contributed by atoms with Crippen LogP contribution >= 0.6 is 0 Å². The largest absolute Gasteiger partial charge is 0.382 e. The van der Waals surface area contributed by atoms with Crippen LogP contribution in [0.4, 0.5) is 5.69 Å². The van der Waals surface area contributed by atoms with Gasteiger partial charge in [0.15, 0.2) is 5.84 Å². The fraction of sp³-hybridized carbons (Fsp3) is 0.125. The van der Waals surface area contributed by atoms with Crippen molar-refractivity contribution in [3.8, 4) is 0 Å². The van der Waals surface area contributed by atoms with Gasteiger partial charge in [-0.25, -0.2) is 0 Å². The van der Waals surface area contributed by atoms with Crippen molar-refractivity contribution in [3.63, 3.8) is 0 Å². The monoisotopic (exact) mass is 194 g/mol. The highest BCUT2D eigenvalue weighted by molar-refractivity contribution is 6.00. The molecule has 14 heavy (non-hydrogen) atoms. The minimum Gasteiger partial charge on any atom is -0.382 e. The second kappa shape index (κ2) is 4.22. The van der Waals surface area contributed by atoms with Crippen LogP contribution in [0.2, 0.25) is 0 Å². The van der Waals surface area contributed by atoms with Crippen LogP contribution in [0.25, 0.3) is 0 Å². The van der Waals surface area contributed by atoms with Crippen LogP contribution in [0.15, 0.2) is 29.4 Å². The van der Waals surface area contributed by atoms with Crippen LogP contribution in [0.3, 0.4) is 0 Å². The van der Waals surface area contributed by atoms with Crippen LogP contribution in [-0.4, -0.2) is 17.8 Å². The van der Waals surface area contributed by atoms with Crippen LogP contribution < -0.4 is 11.2 Å². The number of hydrogen-bond donors (Lipinski definition) is 2. The van der Waals surface area contributed by atoms with Gasteiger partial charge in [0.25, 0.3) is 5.69 Å². The Morgan fingerprint density at radius 1 is 1.57 bits per heavy atom. The highest BCUT2D eigenvalue weighted by atomic mass is 16.6. The lowest BCUT2D eigenvalue weighted by molar-refractivity contribution is -0.385. The van der Waals surface area contributed by atoms with Gasteiger partial charge in [-0.15, -0.1) is 0 Å². The topological polar surface area (TPSA) is 93.5 Å². The molecule has 0 unspecified atom stereocenters. The van der Waals surface area contributed by atoms with Gasteiger partial charge in [0.2, 0.25) is 0 Å². The summed E-state index contributed by atoms with van der Waals surface area (Å²) >= 11 is 0. The van der Waals surface area contributed by atoms with E-state index in [0.717, 1.165) is 0 Å². The maximum Gasteiger partial charge on any atom is 0.280 e. The second-order valence-corrected chi connectivity index (χ2v) is 2.49. The zero-order valence-corrected chi connectivity index (χ0v) is 7.60. The van der Waals surface area contributed by atoms with E-state index in [1.165, 1.54) is 6.07 Å². The number of nitro benzene ring substituents is 1. The minimum atomic E-state index is -0.493. The zero-order chi connectivity index (χ0) is 10.6. The van der Waals surface area contributed by atoms with Gasteiger partial charge in [0, 0.05) is 13.1 Å². The van der Waals surface area contributed by atoms with Crippen molar-refractivity contribution in [2.45, 2.75) is 0 Å². The number of nitro groups is 1. The molecule has 1 rings (SSSR count). The summed E-state index contributed by atoms with van der Waals surface area (Å²) in [7, 11) is 1.57. The lowest BCUT2D eigenvalue weighted by Crippen LogP contribution is -2.18. The third kappa shape index (κ3) is 1.98. The Balaban J connectivity index is 3.20. The summed E-state index contributed by atoms with van der Waals surface area (Å²) in [6.45, 7) is 0. The van der Waals surface area contributed by atoms with Gasteiger partial charge in [-0.05, 0) is 6.07 Å². The molecular formula is C8H10N4O2. The molecule has 74 valence electrons. The number of nitrogens with zero attached hydrogens (tertiary/aromatic N) is 2. The number of hydrogen-bond acceptors (Lipinski definition) is 4. The summed E-state index contributed by atoms with van der Waals surface area (Å²) in [6.07, 6.45) is 0. The first kappa shape index (κ1) is 9.97. The average Bonchev–Trinajstić information content (AvgIpc) is 2.18. The third-order valence-electron chi connectivity index (χ3n) is 1.61. The van der Waals surface area contributed by atoms with E-state index in [0.29, 0.717) is 5.56 Å². The van der Waals surface area contributed by atoms with E-state index in [4.69, 9.17) is 5.73 Å². The van der Waals surface area contributed by atoms with E-state index < -0.39 is 4.92 Å². The van der Waals surface area contributed by atoms with E-state index in [1.807, 2.05) is 0 Å². The summed E-state index contributed by atoms with van der Waals surface area (Å²) in [5.41, 5.74) is 8.26. The molecule has 6 heteroatoms. The Morgan fingerprint density at radius 3 is 2.79 bits per heavy atom. The maximum absolute atomic E-state index is 10.6. The molecule has 1 aromatic carbocycles. The highest BCUT2D eigenvalue weighted by Gasteiger charge is 2.14. The van der Waals surface area contributed by atoms with Crippen molar-refractivity contribution >= 4 is 11.5 Å². The van der Waals surface area contributed by atoms with Crippen molar-refractivity contribution < 1.29 is 4.92 Å². The molecule has 6 nitrogen and oxygen atoms in total. The number of rotatable bonds is 3. The molecule has 0 bridgehead atoms. The van der Waals surface area contributed by atoms with E-state index in [9.17, 15) is 10.1 Å². The first-order valence-electron chi connectivity index (χ1n) is 3.90. The van der Waals surface area contributed by atoms with E-state index in [2.05, 4.69) is 10.5 Å².